The van der Waals surface area contributed by atoms with Crippen LogP contribution in [0.3, 0.4) is 0 Å². The van der Waals surface area contributed by atoms with Gasteiger partial charge in [-0.1, -0.05) is 64.6 Å². The molecule has 3 aromatic carbocycles. The first-order chi connectivity index (χ1) is 12.9. The molecule has 0 amide bonds. The van der Waals surface area contributed by atoms with Crippen molar-refractivity contribution in [1.82, 2.24) is 0 Å². The summed E-state index contributed by atoms with van der Waals surface area (Å²) in [5.41, 5.74) is 3.50. The Labute approximate surface area is 178 Å². The van der Waals surface area contributed by atoms with Crippen molar-refractivity contribution < 1.29 is 4.74 Å². The molecule has 0 aromatic heterocycles. The summed E-state index contributed by atoms with van der Waals surface area (Å²) in [6.07, 6.45) is 1.69. The number of ether oxygens (including phenoxy) is 1. The molecule has 2 nitrogen and oxygen atoms in total. The molecule has 0 aliphatic rings. The predicted octanol–water partition coefficient (Wildman–Crippen LogP) is 7.94. The van der Waals surface area contributed by atoms with Crippen molar-refractivity contribution in [3.8, 4) is 5.75 Å². The first-order valence-corrected chi connectivity index (χ1v) is 9.60. The van der Waals surface area contributed by atoms with Crippen LogP contribution in [-0.2, 0) is 6.61 Å². The van der Waals surface area contributed by atoms with Crippen LogP contribution in [0.15, 0.2) is 59.6 Å². The maximum absolute atomic E-state index is 6.35. The van der Waals surface area contributed by atoms with E-state index in [4.69, 9.17) is 51.1 Å². The molecule has 0 heterocycles. The van der Waals surface area contributed by atoms with Gasteiger partial charge in [0.25, 0.3) is 0 Å². The number of benzene rings is 3. The van der Waals surface area contributed by atoms with Crippen molar-refractivity contribution in [2.45, 2.75) is 13.5 Å². The molecule has 0 saturated heterocycles. The Bertz CT molecular complexity index is 978. The zero-order valence-corrected chi connectivity index (χ0v) is 17.4. The highest BCUT2D eigenvalue weighted by molar-refractivity contribution is 6.37. The number of halogens is 4. The maximum atomic E-state index is 6.35. The molecule has 0 fully saturated rings. The number of aryl methyl sites for hydroxylation is 1. The number of aliphatic imine (C=N–C) groups is 1. The summed E-state index contributed by atoms with van der Waals surface area (Å²) in [4.78, 5) is 4.47. The quantitative estimate of drug-likeness (QED) is 0.370. The van der Waals surface area contributed by atoms with Crippen LogP contribution in [0.1, 0.15) is 16.7 Å². The molecule has 0 unspecified atom stereocenters. The molecule has 27 heavy (non-hydrogen) atoms. The maximum Gasteiger partial charge on any atom is 0.157 e. The van der Waals surface area contributed by atoms with Crippen LogP contribution in [-0.4, -0.2) is 6.21 Å². The third-order valence-electron chi connectivity index (χ3n) is 3.82. The lowest BCUT2D eigenvalue weighted by Gasteiger charge is -2.11. The molecule has 0 aliphatic carbocycles. The predicted molar refractivity (Wildman–Crippen MR) is 116 cm³/mol. The highest BCUT2D eigenvalue weighted by atomic mass is 35.5. The lowest BCUT2D eigenvalue weighted by Crippen LogP contribution is -1.97. The van der Waals surface area contributed by atoms with Gasteiger partial charge in [0.1, 0.15) is 6.61 Å². The third-order valence-corrected chi connectivity index (χ3v) is 4.85. The minimum Gasteiger partial charge on any atom is -0.486 e. The second-order valence-electron chi connectivity index (χ2n) is 5.92. The smallest absolute Gasteiger partial charge is 0.157 e. The molecule has 138 valence electrons. The average molecular weight is 439 g/mol. The van der Waals surface area contributed by atoms with Gasteiger partial charge in [-0.15, -0.1) is 0 Å². The van der Waals surface area contributed by atoms with Crippen LogP contribution in [0.4, 0.5) is 5.69 Å². The molecule has 0 atom stereocenters. The van der Waals surface area contributed by atoms with Gasteiger partial charge in [-0.05, 0) is 60.0 Å². The first kappa shape index (κ1) is 20.0. The Morgan fingerprint density at radius 3 is 2.30 bits per heavy atom. The normalized spacial score (nSPS) is 11.1. The van der Waals surface area contributed by atoms with Crippen molar-refractivity contribution in [1.29, 1.82) is 0 Å². The molecule has 0 bridgehead atoms. The van der Waals surface area contributed by atoms with Gasteiger partial charge in [0.05, 0.1) is 15.7 Å². The number of nitrogens with zero attached hydrogens (tertiary/aromatic N) is 1. The van der Waals surface area contributed by atoms with E-state index < -0.39 is 0 Å². The van der Waals surface area contributed by atoms with Crippen molar-refractivity contribution >= 4 is 58.3 Å². The minimum absolute atomic E-state index is 0.315. The van der Waals surface area contributed by atoms with E-state index in [1.54, 1.807) is 30.5 Å². The largest absolute Gasteiger partial charge is 0.486 e. The Hall–Kier alpha value is -1.71. The summed E-state index contributed by atoms with van der Waals surface area (Å²) in [5.74, 6) is 0.425. The molecule has 0 saturated carbocycles. The third kappa shape index (κ3) is 5.40. The molecule has 3 rings (SSSR count). The van der Waals surface area contributed by atoms with E-state index >= 15 is 0 Å². The lowest BCUT2D eigenvalue weighted by molar-refractivity contribution is 0.306. The summed E-state index contributed by atoms with van der Waals surface area (Å²) in [6.45, 7) is 2.28. The molecule has 0 N–H and O–H groups in total. The van der Waals surface area contributed by atoms with Gasteiger partial charge < -0.3 is 4.74 Å². The monoisotopic (exact) mass is 437 g/mol. The molecular formula is C21H15Cl4NO. The van der Waals surface area contributed by atoms with Crippen molar-refractivity contribution in [3.05, 3.63) is 91.4 Å². The number of hydrogen-bond donors (Lipinski definition) is 0. The van der Waals surface area contributed by atoms with E-state index in [1.807, 2.05) is 37.3 Å². The van der Waals surface area contributed by atoms with Gasteiger partial charge >= 0.3 is 0 Å². The standard InChI is InChI=1S/C21H15Cl4NO/c1-13-5-6-17(23)10-20(13)26-11-15-8-18(24)21(19(25)9-15)27-12-14-3-2-4-16(22)7-14/h2-11H,12H2,1H3. The van der Waals surface area contributed by atoms with E-state index in [1.165, 1.54) is 0 Å². The topological polar surface area (TPSA) is 21.6 Å². The minimum atomic E-state index is 0.315. The Morgan fingerprint density at radius 2 is 1.59 bits per heavy atom. The van der Waals surface area contributed by atoms with Crippen LogP contribution >= 0.6 is 46.4 Å². The van der Waals surface area contributed by atoms with Gasteiger partial charge in [-0.3, -0.25) is 4.99 Å². The summed E-state index contributed by atoms with van der Waals surface area (Å²) in [5, 5.41) is 2.10. The van der Waals surface area contributed by atoms with Crippen LogP contribution in [0.2, 0.25) is 20.1 Å². The van der Waals surface area contributed by atoms with Gasteiger partial charge in [-0.2, -0.15) is 0 Å². The highest BCUT2D eigenvalue weighted by Crippen LogP contribution is 2.35. The van der Waals surface area contributed by atoms with E-state index in [0.29, 0.717) is 32.4 Å². The van der Waals surface area contributed by atoms with E-state index in [9.17, 15) is 0 Å². The van der Waals surface area contributed by atoms with Crippen LogP contribution < -0.4 is 4.74 Å². The fraction of sp³-hybridized carbons (Fsp3) is 0.0952. The molecule has 0 spiro atoms. The molecular weight excluding hydrogens is 424 g/mol. The van der Waals surface area contributed by atoms with Crippen molar-refractivity contribution in [3.63, 3.8) is 0 Å². The summed E-state index contributed by atoms with van der Waals surface area (Å²) in [6, 6.07) is 16.5. The van der Waals surface area contributed by atoms with Crippen LogP contribution in [0.25, 0.3) is 0 Å². The van der Waals surface area contributed by atoms with Crippen molar-refractivity contribution in [2.24, 2.45) is 4.99 Å². The van der Waals surface area contributed by atoms with E-state index in [-0.39, 0.29) is 0 Å². The molecule has 0 radical (unpaired) electrons. The Kier molecular flexibility index (Phi) is 6.67. The zero-order valence-electron chi connectivity index (χ0n) is 14.3. The van der Waals surface area contributed by atoms with Gasteiger partial charge in [0.2, 0.25) is 0 Å². The van der Waals surface area contributed by atoms with E-state index in [2.05, 4.69) is 4.99 Å². The summed E-state index contributed by atoms with van der Waals surface area (Å²) in [7, 11) is 0. The second-order valence-corrected chi connectivity index (χ2v) is 7.61. The van der Waals surface area contributed by atoms with Crippen LogP contribution in [0, 0.1) is 6.92 Å². The molecule has 6 heteroatoms. The fourth-order valence-electron chi connectivity index (χ4n) is 2.44. The molecule has 0 aliphatic heterocycles. The second kappa shape index (κ2) is 8.99. The highest BCUT2D eigenvalue weighted by Gasteiger charge is 2.10. The lowest BCUT2D eigenvalue weighted by atomic mass is 10.2. The van der Waals surface area contributed by atoms with E-state index in [0.717, 1.165) is 22.4 Å². The zero-order chi connectivity index (χ0) is 19.4. The summed E-state index contributed by atoms with van der Waals surface area (Å²) >= 11 is 24.7. The van der Waals surface area contributed by atoms with Crippen LogP contribution in [0.5, 0.6) is 5.75 Å². The number of hydrogen-bond acceptors (Lipinski definition) is 2. The molecule has 3 aromatic rings. The SMILES string of the molecule is Cc1ccc(Cl)cc1N=Cc1cc(Cl)c(OCc2cccc(Cl)c2)c(Cl)c1. The first-order valence-electron chi connectivity index (χ1n) is 8.09. The fourth-order valence-corrected chi connectivity index (χ4v) is 3.43. The number of rotatable bonds is 5. The Balaban J connectivity index is 1.78. The van der Waals surface area contributed by atoms with Gasteiger partial charge in [0.15, 0.2) is 5.75 Å². The van der Waals surface area contributed by atoms with Gasteiger partial charge in [-0.25, -0.2) is 0 Å². The Morgan fingerprint density at radius 1 is 0.889 bits per heavy atom. The van der Waals surface area contributed by atoms with Gasteiger partial charge in [0, 0.05) is 16.3 Å². The average Bonchev–Trinajstić information content (AvgIpc) is 2.62. The van der Waals surface area contributed by atoms with Crippen molar-refractivity contribution in [2.75, 3.05) is 0 Å². The summed E-state index contributed by atoms with van der Waals surface area (Å²) < 4.78 is 5.78.